The van der Waals surface area contributed by atoms with Crippen LogP contribution < -0.4 is 20.1 Å². The maximum Gasteiger partial charge on any atom is 0.243 e. The van der Waals surface area contributed by atoms with Gasteiger partial charge in [0.1, 0.15) is 11.5 Å². The van der Waals surface area contributed by atoms with Crippen molar-refractivity contribution in [2.75, 3.05) is 23.8 Å². The van der Waals surface area contributed by atoms with Crippen LogP contribution in [0, 0.1) is 0 Å². The Bertz CT molecular complexity index is 654. The van der Waals surface area contributed by atoms with Crippen molar-refractivity contribution >= 4 is 17.3 Å². The van der Waals surface area contributed by atoms with Crippen LogP contribution in [0.25, 0.3) is 0 Å². The molecule has 0 spiro atoms. The number of benzene rings is 2. The van der Waals surface area contributed by atoms with Gasteiger partial charge in [0, 0.05) is 5.69 Å². The van der Waals surface area contributed by atoms with Crippen LogP contribution in [0.15, 0.2) is 48.5 Å². The molecule has 2 N–H and O–H groups in total. The Hall–Kier alpha value is -2.69. The first kappa shape index (κ1) is 17.7. The maximum absolute atomic E-state index is 12.1. The summed E-state index contributed by atoms with van der Waals surface area (Å²) in [6.07, 6.45) is 0.0463. The zero-order chi connectivity index (χ0) is 17.4. The van der Waals surface area contributed by atoms with Crippen molar-refractivity contribution in [3.63, 3.8) is 0 Å². The summed E-state index contributed by atoms with van der Waals surface area (Å²) >= 11 is 0. The highest BCUT2D eigenvalue weighted by atomic mass is 16.5. The van der Waals surface area contributed by atoms with Crippen molar-refractivity contribution in [3.05, 3.63) is 48.5 Å². The summed E-state index contributed by atoms with van der Waals surface area (Å²) in [5, 5.41) is 5.95. The molecular weight excluding hydrogens is 304 g/mol. The molecule has 128 valence electrons. The summed E-state index contributed by atoms with van der Waals surface area (Å²) < 4.78 is 11.1. The molecule has 0 saturated heterocycles. The van der Waals surface area contributed by atoms with Crippen LogP contribution in [0.1, 0.15) is 20.8 Å². The molecule has 5 heteroatoms. The van der Waals surface area contributed by atoms with E-state index in [0.717, 1.165) is 11.4 Å². The standard InChI is InChI=1S/C19H24N2O3/c1-4-23-16-11-9-15(10-12-16)20-13-19(22)21-17-7-5-6-8-18(17)24-14(2)3/h5-12,14,20H,4,13H2,1-3H3,(H,21,22). The Morgan fingerprint density at radius 2 is 1.79 bits per heavy atom. The minimum absolute atomic E-state index is 0.0463. The fraction of sp³-hybridized carbons (Fsp3) is 0.316. The minimum atomic E-state index is -0.135. The monoisotopic (exact) mass is 328 g/mol. The van der Waals surface area contributed by atoms with Gasteiger partial charge in [-0.3, -0.25) is 4.79 Å². The Balaban J connectivity index is 1.89. The van der Waals surface area contributed by atoms with Crippen LogP contribution in [0.3, 0.4) is 0 Å². The molecule has 0 aliphatic carbocycles. The predicted octanol–water partition coefficient (Wildman–Crippen LogP) is 3.92. The molecule has 0 atom stereocenters. The average molecular weight is 328 g/mol. The van der Waals surface area contributed by atoms with Crippen LogP contribution in [0.5, 0.6) is 11.5 Å². The summed E-state index contributed by atoms with van der Waals surface area (Å²) in [7, 11) is 0. The van der Waals surface area contributed by atoms with E-state index in [1.807, 2.05) is 69.3 Å². The predicted molar refractivity (Wildman–Crippen MR) is 96.9 cm³/mol. The summed E-state index contributed by atoms with van der Waals surface area (Å²) in [5.41, 5.74) is 1.53. The van der Waals surface area contributed by atoms with Gasteiger partial charge in [0.2, 0.25) is 5.91 Å². The fourth-order valence-electron chi connectivity index (χ4n) is 2.14. The topological polar surface area (TPSA) is 59.6 Å². The Morgan fingerprint density at radius 3 is 2.46 bits per heavy atom. The van der Waals surface area contributed by atoms with Gasteiger partial charge >= 0.3 is 0 Å². The smallest absolute Gasteiger partial charge is 0.243 e. The van der Waals surface area contributed by atoms with E-state index in [9.17, 15) is 4.79 Å². The molecule has 0 unspecified atom stereocenters. The van der Waals surface area contributed by atoms with Gasteiger partial charge in [-0.25, -0.2) is 0 Å². The number of hydrogen-bond acceptors (Lipinski definition) is 4. The zero-order valence-electron chi connectivity index (χ0n) is 14.3. The van der Waals surface area contributed by atoms with Crippen LogP contribution in [0.4, 0.5) is 11.4 Å². The second kappa shape index (κ2) is 8.82. The molecule has 0 aliphatic heterocycles. The lowest BCUT2D eigenvalue weighted by Crippen LogP contribution is -2.22. The second-order valence-corrected chi connectivity index (χ2v) is 5.52. The molecule has 0 aromatic heterocycles. The van der Waals surface area contributed by atoms with Gasteiger partial charge < -0.3 is 20.1 Å². The molecule has 0 aliphatic rings. The molecule has 0 heterocycles. The fourth-order valence-corrected chi connectivity index (χ4v) is 2.14. The molecule has 0 saturated carbocycles. The lowest BCUT2D eigenvalue weighted by Gasteiger charge is -2.15. The van der Waals surface area contributed by atoms with Crippen molar-refractivity contribution in [2.45, 2.75) is 26.9 Å². The van der Waals surface area contributed by atoms with Crippen molar-refractivity contribution < 1.29 is 14.3 Å². The maximum atomic E-state index is 12.1. The van der Waals surface area contributed by atoms with Gasteiger partial charge in [-0.05, 0) is 57.2 Å². The first-order valence-electron chi connectivity index (χ1n) is 8.10. The molecule has 0 radical (unpaired) electrons. The van der Waals surface area contributed by atoms with Gasteiger partial charge in [-0.1, -0.05) is 12.1 Å². The van der Waals surface area contributed by atoms with E-state index in [4.69, 9.17) is 9.47 Å². The van der Waals surface area contributed by atoms with Crippen molar-refractivity contribution in [1.29, 1.82) is 0 Å². The Kier molecular flexibility index (Phi) is 6.49. The SMILES string of the molecule is CCOc1ccc(NCC(=O)Nc2ccccc2OC(C)C)cc1. The molecule has 2 rings (SSSR count). The number of carbonyl (C=O) groups is 1. The Morgan fingerprint density at radius 1 is 1.08 bits per heavy atom. The van der Waals surface area contributed by atoms with E-state index in [0.29, 0.717) is 18.0 Å². The van der Waals surface area contributed by atoms with Crippen LogP contribution in [0.2, 0.25) is 0 Å². The second-order valence-electron chi connectivity index (χ2n) is 5.52. The normalized spacial score (nSPS) is 10.3. The summed E-state index contributed by atoms with van der Waals surface area (Å²) in [5.74, 6) is 1.35. The van der Waals surface area contributed by atoms with E-state index >= 15 is 0 Å². The largest absolute Gasteiger partial charge is 0.494 e. The van der Waals surface area contributed by atoms with E-state index in [1.54, 1.807) is 0 Å². The summed E-state index contributed by atoms with van der Waals surface area (Å²) in [4.78, 5) is 12.1. The third kappa shape index (κ3) is 5.50. The molecule has 2 aromatic carbocycles. The summed E-state index contributed by atoms with van der Waals surface area (Å²) in [6, 6.07) is 14.9. The van der Waals surface area contributed by atoms with E-state index in [2.05, 4.69) is 10.6 Å². The van der Waals surface area contributed by atoms with Gasteiger partial charge in [0.25, 0.3) is 0 Å². The highest BCUT2D eigenvalue weighted by molar-refractivity contribution is 5.95. The van der Waals surface area contributed by atoms with Crippen molar-refractivity contribution in [2.24, 2.45) is 0 Å². The molecule has 2 aromatic rings. The number of carbonyl (C=O) groups excluding carboxylic acids is 1. The minimum Gasteiger partial charge on any atom is -0.494 e. The molecule has 24 heavy (non-hydrogen) atoms. The number of amides is 1. The van der Waals surface area contributed by atoms with Gasteiger partial charge in [-0.2, -0.15) is 0 Å². The van der Waals surface area contributed by atoms with Gasteiger partial charge in [-0.15, -0.1) is 0 Å². The molecule has 1 amide bonds. The summed E-state index contributed by atoms with van der Waals surface area (Å²) in [6.45, 7) is 6.65. The Labute approximate surface area is 143 Å². The zero-order valence-corrected chi connectivity index (χ0v) is 14.3. The molecular formula is C19H24N2O3. The number of rotatable bonds is 8. The van der Waals surface area contributed by atoms with E-state index in [-0.39, 0.29) is 18.6 Å². The van der Waals surface area contributed by atoms with Crippen LogP contribution >= 0.6 is 0 Å². The van der Waals surface area contributed by atoms with Crippen LogP contribution in [-0.2, 0) is 4.79 Å². The quantitative estimate of drug-likeness (QED) is 0.771. The average Bonchev–Trinajstić information content (AvgIpc) is 2.56. The lowest BCUT2D eigenvalue weighted by molar-refractivity contribution is -0.114. The number of anilines is 2. The van der Waals surface area contributed by atoms with Crippen molar-refractivity contribution in [3.8, 4) is 11.5 Å². The first-order valence-corrected chi connectivity index (χ1v) is 8.10. The molecule has 5 nitrogen and oxygen atoms in total. The molecule has 0 bridgehead atoms. The third-order valence-corrected chi connectivity index (χ3v) is 3.14. The van der Waals surface area contributed by atoms with E-state index < -0.39 is 0 Å². The van der Waals surface area contributed by atoms with Gasteiger partial charge in [0.05, 0.1) is 24.9 Å². The number of para-hydroxylation sites is 2. The van der Waals surface area contributed by atoms with Crippen molar-refractivity contribution in [1.82, 2.24) is 0 Å². The highest BCUT2D eigenvalue weighted by Gasteiger charge is 2.08. The number of ether oxygens (including phenoxy) is 2. The van der Waals surface area contributed by atoms with E-state index in [1.165, 1.54) is 0 Å². The number of nitrogens with one attached hydrogen (secondary N) is 2. The third-order valence-electron chi connectivity index (χ3n) is 3.14. The number of hydrogen-bond donors (Lipinski definition) is 2. The van der Waals surface area contributed by atoms with Crippen LogP contribution in [-0.4, -0.2) is 25.2 Å². The first-order chi connectivity index (χ1) is 11.6. The lowest BCUT2D eigenvalue weighted by atomic mass is 10.2. The highest BCUT2D eigenvalue weighted by Crippen LogP contribution is 2.24. The molecule has 0 fully saturated rings. The van der Waals surface area contributed by atoms with Gasteiger partial charge in [0.15, 0.2) is 0 Å².